The number of nitrogens with zero attached hydrogens (tertiary/aromatic N) is 2. The standard InChI is InChI=1S/C12H22N2OS2/c1-8(6-7-16-5)14(4)12-13-9(2)11(17-12)10(3)15/h8,10,15H,6-7H2,1-5H3. The summed E-state index contributed by atoms with van der Waals surface area (Å²) in [5.41, 5.74) is 0.948. The second kappa shape index (κ2) is 6.61. The first-order chi connectivity index (χ1) is 7.97. The molecule has 0 saturated carbocycles. The average molecular weight is 274 g/mol. The Kier molecular flexibility index (Phi) is 5.76. The van der Waals surface area contributed by atoms with Crippen molar-refractivity contribution in [3.05, 3.63) is 10.6 Å². The lowest BCUT2D eigenvalue weighted by Crippen LogP contribution is -2.29. The number of thiazole rings is 1. The summed E-state index contributed by atoms with van der Waals surface area (Å²) in [6.07, 6.45) is 2.86. The number of aromatic nitrogens is 1. The second-order valence-corrected chi connectivity index (χ2v) is 6.36. The molecule has 0 aromatic carbocycles. The Labute approximate surface area is 112 Å². The minimum atomic E-state index is -0.420. The highest BCUT2D eigenvalue weighted by Gasteiger charge is 2.17. The van der Waals surface area contributed by atoms with Crippen molar-refractivity contribution < 1.29 is 5.11 Å². The molecule has 0 spiro atoms. The van der Waals surface area contributed by atoms with Crippen LogP contribution in [0.1, 0.15) is 36.9 Å². The quantitative estimate of drug-likeness (QED) is 0.865. The van der Waals surface area contributed by atoms with Gasteiger partial charge in [0.05, 0.1) is 16.7 Å². The highest BCUT2D eigenvalue weighted by Crippen LogP contribution is 2.31. The third-order valence-electron chi connectivity index (χ3n) is 2.90. The molecule has 0 bridgehead atoms. The molecular weight excluding hydrogens is 252 g/mol. The highest BCUT2D eigenvalue weighted by molar-refractivity contribution is 7.98. The van der Waals surface area contributed by atoms with Crippen molar-refractivity contribution in [2.75, 3.05) is 24.0 Å². The van der Waals surface area contributed by atoms with Crippen molar-refractivity contribution in [1.29, 1.82) is 0 Å². The van der Waals surface area contributed by atoms with Crippen molar-refractivity contribution in [3.63, 3.8) is 0 Å². The highest BCUT2D eigenvalue weighted by atomic mass is 32.2. The first-order valence-electron chi connectivity index (χ1n) is 5.84. The fourth-order valence-electron chi connectivity index (χ4n) is 1.60. The van der Waals surface area contributed by atoms with Crippen LogP contribution in [-0.4, -0.2) is 35.2 Å². The van der Waals surface area contributed by atoms with Gasteiger partial charge in [0.15, 0.2) is 5.13 Å². The van der Waals surface area contributed by atoms with Gasteiger partial charge in [0.1, 0.15) is 0 Å². The Balaban J connectivity index is 2.75. The fraction of sp³-hybridized carbons (Fsp3) is 0.750. The van der Waals surface area contributed by atoms with E-state index in [-0.39, 0.29) is 0 Å². The van der Waals surface area contributed by atoms with Gasteiger partial charge < -0.3 is 10.0 Å². The zero-order valence-corrected chi connectivity index (χ0v) is 12.9. The smallest absolute Gasteiger partial charge is 0.185 e. The number of aryl methyl sites for hydroxylation is 1. The molecule has 1 N–H and O–H groups in total. The molecule has 0 fully saturated rings. The van der Waals surface area contributed by atoms with E-state index in [1.807, 2.05) is 18.7 Å². The van der Waals surface area contributed by atoms with E-state index in [1.165, 1.54) is 5.75 Å². The third-order valence-corrected chi connectivity index (χ3v) is 4.97. The summed E-state index contributed by atoms with van der Waals surface area (Å²) in [6, 6.07) is 0.481. The molecule has 1 aromatic rings. The molecule has 17 heavy (non-hydrogen) atoms. The molecule has 1 aromatic heterocycles. The summed E-state index contributed by atoms with van der Waals surface area (Å²) in [7, 11) is 2.08. The normalized spacial score (nSPS) is 14.7. The second-order valence-electron chi connectivity index (χ2n) is 4.36. The minimum absolute atomic E-state index is 0.420. The van der Waals surface area contributed by atoms with Gasteiger partial charge in [-0.2, -0.15) is 11.8 Å². The number of rotatable bonds is 6. The molecule has 0 saturated heterocycles. The summed E-state index contributed by atoms with van der Waals surface area (Å²) in [6.45, 7) is 5.97. The lowest BCUT2D eigenvalue weighted by molar-refractivity contribution is 0.202. The van der Waals surface area contributed by atoms with Gasteiger partial charge in [-0.3, -0.25) is 0 Å². The minimum Gasteiger partial charge on any atom is -0.388 e. The van der Waals surface area contributed by atoms with E-state index in [4.69, 9.17) is 0 Å². The van der Waals surface area contributed by atoms with E-state index in [0.717, 1.165) is 22.1 Å². The Morgan fingerprint density at radius 3 is 2.59 bits per heavy atom. The van der Waals surface area contributed by atoms with E-state index in [1.54, 1.807) is 18.3 Å². The number of thioether (sulfide) groups is 1. The largest absolute Gasteiger partial charge is 0.388 e. The molecule has 1 heterocycles. The molecule has 0 aliphatic carbocycles. The fourth-order valence-corrected chi connectivity index (χ4v) is 3.25. The maximum atomic E-state index is 9.63. The Bertz CT molecular complexity index is 352. The number of aliphatic hydroxyl groups excluding tert-OH is 1. The maximum absolute atomic E-state index is 9.63. The van der Waals surface area contributed by atoms with E-state index < -0.39 is 6.10 Å². The van der Waals surface area contributed by atoms with E-state index in [9.17, 15) is 5.11 Å². The first-order valence-corrected chi connectivity index (χ1v) is 8.05. The molecule has 2 unspecified atom stereocenters. The van der Waals surface area contributed by atoms with Crippen LogP contribution in [0.2, 0.25) is 0 Å². The molecule has 2 atom stereocenters. The van der Waals surface area contributed by atoms with E-state index in [0.29, 0.717) is 6.04 Å². The van der Waals surface area contributed by atoms with Gasteiger partial charge in [-0.25, -0.2) is 4.98 Å². The van der Waals surface area contributed by atoms with Gasteiger partial charge in [-0.15, -0.1) is 0 Å². The summed E-state index contributed by atoms with van der Waals surface area (Å²) >= 11 is 3.47. The lowest BCUT2D eigenvalue weighted by atomic mass is 10.2. The monoisotopic (exact) mass is 274 g/mol. The molecule has 0 aliphatic heterocycles. The number of hydrogen-bond acceptors (Lipinski definition) is 5. The van der Waals surface area contributed by atoms with Gasteiger partial charge in [0.25, 0.3) is 0 Å². The van der Waals surface area contributed by atoms with Gasteiger partial charge in [0, 0.05) is 13.1 Å². The Morgan fingerprint density at radius 2 is 2.12 bits per heavy atom. The molecule has 1 rings (SSSR count). The molecular formula is C12H22N2OS2. The van der Waals surface area contributed by atoms with Crippen LogP contribution in [0.25, 0.3) is 0 Å². The van der Waals surface area contributed by atoms with Crippen LogP contribution in [0.5, 0.6) is 0 Å². The van der Waals surface area contributed by atoms with E-state index >= 15 is 0 Å². The number of anilines is 1. The van der Waals surface area contributed by atoms with Crippen LogP contribution in [-0.2, 0) is 0 Å². The van der Waals surface area contributed by atoms with E-state index in [2.05, 4.69) is 30.1 Å². The van der Waals surface area contributed by atoms with Gasteiger partial charge in [-0.05, 0) is 39.2 Å². The summed E-state index contributed by atoms with van der Waals surface area (Å²) in [5, 5.41) is 10.6. The predicted octanol–water partition coefficient (Wildman–Crippen LogP) is 3.08. The Morgan fingerprint density at radius 1 is 1.47 bits per heavy atom. The molecule has 5 heteroatoms. The maximum Gasteiger partial charge on any atom is 0.185 e. The number of hydrogen-bond donors (Lipinski definition) is 1. The van der Waals surface area contributed by atoms with Crippen LogP contribution in [0, 0.1) is 6.92 Å². The van der Waals surface area contributed by atoms with Gasteiger partial charge in [0.2, 0.25) is 0 Å². The van der Waals surface area contributed by atoms with Crippen LogP contribution >= 0.6 is 23.1 Å². The SMILES string of the molecule is CSCCC(C)N(C)c1nc(C)c(C(C)O)s1. The average Bonchev–Trinajstić information content (AvgIpc) is 2.67. The molecule has 0 aliphatic rings. The zero-order chi connectivity index (χ0) is 13.0. The van der Waals surface area contributed by atoms with Crippen molar-refractivity contribution in [1.82, 2.24) is 4.98 Å². The summed E-state index contributed by atoms with van der Waals surface area (Å²) in [5.74, 6) is 1.17. The van der Waals surface area contributed by atoms with Crippen LogP contribution < -0.4 is 4.90 Å². The molecule has 3 nitrogen and oxygen atoms in total. The van der Waals surface area contributed by atoms with Crippen LogP contribution in [0.4, 0.5) is 5.13 Å². The lowest BCUT2D eigenvalue weighted by Gasteiger charge is -2.23. The molecule has 0 radical (unpaired) electrons. The third kappa shape index (κ3) is 3.86. The molecule has 98 valence electrons. The zero-order valence-electron chi connectivity index (χ0n) is 11.2. The Hall–Kier alpha value is -0.260. The van der Waals surface area contributed by atoms with Crippen molar-refractivity contribution in [2.45, 2.75) is 39.3 Å². The van der Waals surface area contributed by atoms with Gasteiger partial charge >= 0.3 is 0 Å². The van der Waals surface area contributed by atoms with Crippen molar-refractivity contribution in [2.24, 2.45) is 0 Å². The van der Waals surface area contributed by atoms with Crippen molar-refractivity contribution in [3.8, 4) is 0 Å². The van der Waals surface area contributed by atoms with Gasteiger partial charge in [-0.1, -0.05) is 11.3 Å². The first kappa shape index (κ1) is 14.8. The number of aliphatic hydroxyl groups is 1. The topological polar surface area (TPSA) is 36.4 Å². The van der Waals surface area contributed by atoms with Crippen LogP contribution in [0.15, 0.2) is 0 Å². The summed E-state index contributed by atoms with van der Waals surface area (Å²) in [4.78, 5) is 7.72. The molecule has 0 amide bonds. The van der Waals surface area contributed by atoms with Crippen molar-refractivity contribution >= 4 is 28.2 Å². The summed E-state index contributed by atoms with van der Waals surface area (Å²) < 4.78 is 0. The van der Waals surface area contributed by atoms with Crippen LogP contribution in [0.3, 0.4) is 0 Å². The predicted molar refractivity (Wildman–Crippen MR) is 78.3 cm³/mol.